The molecule has 6 heteroatoms. The van der Waals surface area contributed by atoms with Gasteiger partial charge in [0.15, 0.2) is 0 Å². The van der Waals surface area contributed by atoms with Crippen molar-refractivity contribution in [2.45, 2.75) is 6.42 Å². The maximum absolute atomic E-state index is 13.3. The van der Waals surface area contributed by atoms with E-state index < -0.39 is 0 Å². The molecule has 1 aliphatic heterocycles. The van der Waals surface area contributed by atoms with Crippen molar-refractivity contribution in [2.75, 3.05) is 6.54 Å². The zero-order chi connectivity index (χ0) is 17.1. The molecule has 1 heterocycles. The zero-order valence-electron chi connectivity index (χ0n) is 12.5. The lowest BCUT2D eigenvalue weighted by Gasteiger charge is -2.12. The van der Waals surface area contributed by atoms with Crippen molar-refractivity contribution < 1.29 is 14.0 Å². The van der Waals surface area contributed by atoms with Gasteiger partial charge in [0.05, 0.1) is 9.38 Å². The molecular formula is C18H13BrFNO2S. The van der Waals surface area contributed by atoms with E-state index in [1.165, 1.54) is 11.0 Å². The Morgan fingerprint density at radius 2 is 1.88 bits per heavy atom. The summed E-state index contributed by atoms with van der Waals surface area (Å²) in [6, 6.07) is 14.2. The molecule has 0 aliphatic carbocycles. The van der Waals surface area contributed by atoms with Gasteiger partial charge in [-0.15, -0.1) is 0 Å². The van der Waals surface area contributed by atoms with Crippen molar-refractivity contribution in [3.63, 3.8) is 0 Å². The number of thioether (sulfide) groups is 1. The van der Waals surface area contributed by atoms with E-state index in [1.54, 1.807) is 18.2 Å². The van der Waals surface area contributed by atoms with Crippen molar-refractivity contribution in [1.29, 1.82) is 0 Å². The van der Waals surface area contributed by atoms with Crippen molar-refractivity contribution in [1.82, 2.24) is 4.90 Å². The van der Waals surface area contributed by atoms with Crippen LogP contribution < -0.4 is 0 Å². The van der Waals surface area contributed by atoms with E-state index in [-0.39, 0.29) is 17.0 Å². The summed E-state index contributed by atoms with van der Waals surface area (Å²) in [5, 5.41) is -0.275. The molecule has 0 radical (unpaired) electrons. The van der Waals surface area contributed by atoms with Gasteiger partial charge in [0.1, 0.15) is 5.82 Å². The highest BCUT2D eigenvalue weighted by molar-refractivity contribution is 9.10. The molecule has 0 unspecified atom stereocenters. The molecule has 0 spiro atoms. The summed E-state index contributed by atoms with van der Waals surface area (Å²) in [6.07, 6.45) is 2.23. The first kappa shape index (κ1) is 16.9. The summed E-state index contributed by atoms with van der Waals surface area (Å²) < 4.78 is 13.6. The Labute approximate surface area is 151 Å². The average molecular weight is 406 g/mol. The minimum absolute atomic E-state index is 0.275. The summed E-state index contributed by atoms with van der Waals surface area (Å²) in [6.45, 7) is 0.346. The zero-order valence-corrected chi connectivity index (χ0v) is 14.9. The summed E-state index contributed by atoms with van der Waals surface area (Å²) in [5.74, 6) is -0.676. The summed E-state index contributed by atoms with van der Waals surface area (Å²) >= 11 is 4.02. The van der Waals surface area contributed by atoms with Crippen molar-refractivity contribution in [3.8, 4) is 0 Å². The number of amides is 2. The minimum atomic E-state index is -0.372. The number of benzene rings is 2. The second-order valence-corrected chi connectivity index (χ2v) is 7.09. The third-order valence-electron chi connectivity index (χ3n) is 3.58. The van der Waals surface area contributed by atoms with Crippen LogP contribution in [0, 0.1) is 5.82 Å². The highest BCUT2D eigenvalue weighted by atomic mass is 79.9. The smallest absolute Gasteiger partial charge is 0.268 e. The van der Waals surface area contributed by atoms with Crippen LogP contribution in [0.3, 0.4) is 0 Å². The number of hydrogen-bond acceptors (Lipinski definition) is 3. The average Bonchev–Trinajstić information content (AvgIpc) is 2.84. The van der Waals surface area contributed by atoms with E-state index in [0.29, 0.717) is 27.9 Å². The van der Waals surface area contributed by atoms with Gasteiger partial charge in [-0.1, -0.05) is 36.4 Å². The molecule has 1 saturated heterocycles. The Kier molecular flexibility index (Phi) is 5.16. The number of carbonyl (C=O) groups excluding carboxylic acids is 2. The molecule has 1 fully saturated rings. The van der Waals surface area contributed by atoms with Crippen molar-refractivity contribution in [2.24, 2.45) is 0 Å². The topological polar surface area (TPSA) is 37.4 Å². The van der Waals surface area contributed by atoms with Crippen LogP contribution in [0.5, 0.6) is 0 Å². The third kappa shape index (κ3) is 3.76. The summed E-state index contributed by atoms with van der Waals surface area (Å²) in [7, 11) is 0. The molecule has 2 aromatic rings. The fourth-order valence-electron chi connectivity index (χ4n) is 2.33. The third-order valence-corrected chi connectivity index (χ3v) is 5.10. The number of rotatable bonds is 4. The monoisotopic (exact) mass is 405 g/mol. The van der Waals surface area contributed by atoms with Gasteiger partial charge in [0.25, 0.3) is 11.1 Å². The van der Waals surface area contributed by atoms with E-state index >= 15 is 0 Å². The van der Waals surface area contributed by atoms with Gasteiger partial charge >= 0.3 is 0 Å². The van der Waals surface area contributed by atoms with Gasteiger partial charge in [0.2, 0.25) is 0 Å². The second kappa shape index (κ2) is 7.32. The Morgan fingerprint density at radius 3 is 2.58 bits per heavy atom. The van der Waals surface area contributed by atoms with E-state index in [0.717, 1.165) is 17.3 Å². The fourth-order valence-corrected chi connectivity index (χ4v) is 3.59. The largest absolute Gasteiger partial charge is 0.293 e. The molecule has 3 nitrogen and oxygen atoms in total. The van der Waals surface area contributed by atoms with Crippen LogP contribution in [0.4, 0.5) is 9.18 Å². The molecule has 1 aliphatic rings. The Morgan fingerprint density at radius 1 is 1.12 bits per heavy atom. The SMILES string of the molecule is O=C1S/C(=C/c2ccc(F)c(Br)c2)C(=O)N1CCc1ccccc1. The van der Waals surface area contributed by atoms with Crippen molar-refractivity contribution >= 4 is 44.9 Å². The molecule has 122 valence electrons. The first-order chi connectivity index (χ1) is 11.5. The van der Waals surface area contributed by atoms with E-state index in [9.17, 15) is 14.0 Å². The van der Waals surface area contributed by atoms with Gasteiger partial charge in [-0.25, -0.2) is 4.39 Å². The van der Waals surface area contributed by atoms with E-state index in [2.05, 4.69) is 15.9 Å². The number of hydrogen-bond donors (Lipinski definition) is 0. The molecule has 2 amide bonds. The molecule has 0 bridgehead atoms. The van der Waals surface area contributed by atoms with E-state index in [4.69, 9.17) is 0 Å². The van der Waals surface area contributed by atoms with Crippen LogP contribution in [0.2, 0.25) is 0 Å². The second-order valence-electron chi connectivity index (χ2n) is 5.24. The molecule has 0 aromatic heterocycles. The highest BCUT2D eigenvalue weighted by Gasteiger charge is 2.34. The number of nitrogens with zero attached hydrogens (tertiary/aromatic N) is 1. The molecule has 0 saturated carbocycles. The quantitative estimate of drug-likeness (QED) is 0.681. The van der Waals surface area contributed by atoms with Gasteiger partial charge in [-0.05, 0) is 63.4 Å². The predicted octanol–water partition coefficient (Wildman–Crippen LogP) is 4.87. The number of imide groups is 1. The van der Waals surface area contributed by atoms with Crippen LogP contribution >= 0.6 is 27.7 Å². The number of carbonyl (C=O) groups is 2. The normalized spacial score (nSPS) is 16.2. The standard InChI is InChI=1S/C18H13BrFNO2S/c19-14-10-13(6-7-15(14)20)11-16-17(22)21(18(23)24-16)9-8-12-4-2-1-3-5-12/h1-7,10-11H,8-9H2/b16-11+. The number of halogens is 2. The molecule has 24 heavy (non-hydrogen) atoms. The van der Waals surface area contributed by atoms with Crippen LogP contribution in [0.15, 0.2) is 57.9 Å². The Balaban J connectivity index is 1.73. The highest BCUT2D eigenvalue weighted by Crippen LogP contribution is 2.32. The first-order valence-electron chi connectivity index (χ1n) is 7.29. The maximum Gasteiger partial charge on any atom is 0.293 e. The molecule has 2 aromatic carbocycles. The summed E-state index contributed by atoms with van der Waals surface area (Å²) in [5.41, 5.74) is 1.74. The van der Waals surface area contributed by atoms with Crippen LogP contribution in [-0.2, 0) is 11.2 Å². The van der Waals surface area contributed by atoms with Crippen LogP contribution in [0.1, 0.15) is 11.1 Å². The first-order valence-corrected chi connectivity index (χ1v) is 8.90. The molecule has 3 rings (SSSR count). The maximum atomic E-state index is 13.3. The van der Waals surface area contributed by atoms with Gasteiger partial charge in [-0.3, -0.25) is 14.5 Å². The van der Waals surface area contributed by atoms with Gasteiger partial charge in [0, 0.05) is 6.54 Å². The predicted molar refractivity (Wildman–Crippen MR) is 96.9 cm³/mol. The lowest BCUT2D eigenvalue weighted by Crippen LogP contribution is -2.30. The van der Waals surface area contributed by atoms with Crippen LogP contribution in [-0.4, -0.2) is 22.6 Å². The van der Waals surface area contributed by atoms with Gasteiger partial charge in [-0.2, -0.15) is 0 Å². The molecule has 0 N–H and O–H groups in total. The van der Waals surface area contributed by atoms with E-state index in [1.807, 2.05) is 30.3 Å². The Hall–Kier alpha value is -1.92. The van der Waals surface area contributed by atoms with Gasteiger partial charge < -0.3 is 0 Å². The molecular weight excluding hydrogens is 393 g/mol. The fraction of sp³-hybridized carbons (Fsp3) is 0.111. The van der Waals surface area contributed by atoms with Crippen LogP contribution in [0.25, 0.3) is 6.08 Å². The van der Waals surface area contributed by atoms with Crippen molar-refractivity contribution in [3.05, 3.63) is 74.9 Å². The Bertz CT molecular complexity index is 823. The lowest BCUT2D eigenvalue weighted by atomic mass is 10.1. The summed E-state index contributed by atoms with van der Waals surface area (Å²) in [4.78, 5) is 26.1. The lowest BCUT2D eigenvalue weighted by molar-refractivity contribution is -0.122. The molecule has 0 atom stereocenters. The minimum Gasteiger partial charge on any atom is -0.268 e.